The largest absolute Gasteiger partial charge is 0.496 e. The first-order valence-corrected chi connectivity index (χ1v) is 6.98. The van der Waals surface area contributed by atoms with E-state index in [2.05, 4.69) is 5.32 Å². The molecule has 22 heavy (non-hydrogen) atoms. The van der Waals surface area contributed by atoms with Crippen LogP contribution in [-0.4, -0.2) is 13.0 Å². The molecule has 0 aliphatic carbocycles. The molecule has 0 saturated carbocycles. The van der Waals surface area contributed by atoms with E-state index >= 15 is 0 Å². The van der Waals surface area contributed by atoms with Gasteiger partial charge in [0, 0.05) is 16.8 Å². The summed E-state index contributed by atoms with van der Waals surface area (Å²) in [5.74, 6) is 0.235. The summed E-state index contributed by atoms with van der Waals surface area (Å²) in [7, 11) is 1.63. The Kier molecular flexibility index (Phi) is 3.45. The number of hydrogen-bond donors (Lipinski definition) is 1. The van der Waals surface area contributed by atoms with E-state index in [4.69, 9.17) is 4.74 Å². The van der Waals surface area contributed by atoms with Gasteiger partial charge in [-0.2, -0.15) is 0 Å². The predicted octanol–water partition coefficient (Wildman–Crippen LogP) is 3.94. The first-order chi connectivity index (χ1) is 10.5. The molecule has 0 unspecified atom stereocenters. The van der Waals surface area contributed by atoms with Gasteiger partial charge in [0.2, 0.25) is 0 Å². The van der Waals surface area contributed by atoms with Crippen molar-refractivity contribution in [2.75, 3.05) is 12.4 Å². The monoisotopic (exact) mass is 297 g/mol. The highest BCUT2D eigenvalue weighted by Gasteiger charge is 2.24. The van der Waals surface area contributed by atoms with Gasteiger partial charge >= 0.3 is 0 Å². The van der Waals surface area contributed by atoms with Gasteiger partial charge < -0.3 is 10.1 Å². The van der Waals surface area contributed by atoms with Crippen molar-refractivity contribution in [2.24, 2.45) is 0 Å². The van der Waals surface area contributed by atoms with Gasteiger partial charge in [0.05, 0.1) is 7.11 Å². The Balaban J connectivity index is 2.12. The van der Waals surface area contributed by atoms with Crippen molar-refractivity contribution in [2.45, 2.75) is 13.8 Å². The number of aryl methyl sites for hydroxylation is 2. The van der Waals surface area contributed by atoms with Crippen LogP contribution in [0.4, 0.5) is 10.1 Å². The normalized spacial score (nSPS) is 14.9. The molecule has 1 N–H and O–H groups in total. The van der Waals surface area contributed by atoms with Crippen LogP contribution in [0.2, 0.25) is 0 Å². The van der Waals surface area contributed by atoms with Crippen molar-refractivity contribution in [1.29, 1.82) is 0 Å². The van der Waals surface area contributed by atoms with E-state index in [0.29, 0.717) is 16.8 Å². The molecule has 0 atom stereocenters. The fourth-order valence-corrected chi connectivity index (χ4v) is 2.65. The highest BCUT2D eigenvalue weighted by atomic mass is 19.1. The molecule has 0 saturated heterocycles. The Labute approximate surface area is 128 Å². The number of anilines is 1. The lowest BCUT2D eigenvalue weighted by molar-refractivity contribution is -0.110. The molecule has 3 nitrogen and oxygen atoms in total. The Morgan fingerprint density at radius 3 is 2.64 bits per heavy atom. The zero-order valence-electron chi connectivity index (χ0n) is 12.7. The summed E-state index contributed by atoms with van der Waals surface area (Å²) in [4.78, 5) is 12.1. The van der Waals surface area contributed by atoms with Gasteiger partial charge in [0.25, 0.3) is 5.91 Å². The van der Waals surface area contributed by atoms with Crippen LogP contribution in [0.25, 0.3) is 11.6 Å². The maximum Gasteiger partial charge on any atom is 0.256 e. The van der Waals surface area contributed by atoms with Crippen LogP contribution in [-0.2, 0) is 4.79 Å². The number of carbonyl (C=O) groups is 1. The Hall–Kier alpha value is -2.62. The van der Waals surface area contributed by atoms with Crippen LogP contribution in [0.5, 0.6) is 5.75 Å². The van der Waals surface area contributed by atoms with Gasteiger partial charge in [-0.15, -0.1) is 0 Å². The number of rotatable bonds is 2. The molecule has 0 spiro atoms. The smallest absolute Gasteiger partial charge is 0.256 e. The summed E-state index contributed by atoms with van der Waals surface area (Å²) in [6.45, 7) is 3.90. The average molecular weight is 297 g/mol. The summed E-state index contributed by atoms with van der Waals surface area (Å²) in [6, 6.07) is 8.19. The number of benzene rings is 2. The Morgan fingerprint density at radius 1 is 1.14 bits per heavy atom. The number of nitrogens with one attached hydrogen (secondary N) is 1. The van der Waals surface area contributed by atoms with E-state index in [1.54, 1.807) is 19.3 Å². The molecule has 1 amide bonds. The van der Waals surface area contributed by atoms with Crippen molar-refractivity contribution in [1.82, 2.24) is 0 Å². The molecule has 0 bridgehead atoms. The molecule has 2 aromatic rings. The molecule has 0 radical (unpaired) electrons. The topological polar surface area (TPSA) is 38.3 Å². The SMILES string of the molecule is COc1cc(C)c(C=C2C(=O)Nc3ccc(F)cc32)cc1C. The highest BCUT2D eigenvalue weighted by Crippen LogP contribution is 2.34. The molecule has 1 heterocycles. The van der Waals surface area contributed by atoms with E-state index < -0.39 is 0 Å². The molecule has 3 rings (SSSR count). The van der Waals surface area contributed by atoms with E-state index in [1.807, 2.05) is 26.0 Å². The summed E-state index contributed by atoms with van der Waals surface area (Å²) in [5, 5.41) is 2.75. The standard InChI is InChI=1S/C18H16FNO2/c1-10-7-17(22-3)11(2)6-12(10)8-15-14-9-13(19)4-5-16(14)20-18(15)21/h4-9H,1-3H3,(H,20,21). The van der Waals surface area contributed by atoms with Gasteiger partial charge in [-0.25, -0.2) is 4.39 Å². The van der Waals surface area contributed by atoms with E-state index in [9.17, 15) is 9.18 Å². The van der Waals surface area contributed by atoms with Crippen molar-refractivity contribution in [3.63, 3.8) is 0 Å². The van der Waals surface area contributed by atoms with Crippen LogP contribution in [0.3, 0.4) is 0 Å². The third kappa shape index (κ3) is 2.37. The molecular weight excluding hydrogens is 281 g/mol. The van der Waals surface area contributed by atoms with Crippen molar-refractivity contribution < 1.29 is 13.9 Å². The molecule has 4 heteroatoms. The second-order valence-corrected chi connectivity index (χ2v) is 5.38. The molecule has 0 fully saturated rings. The lowest BCUT2D eigenvalue weighted by Gasteiger charge is -2.09. The van der Waals surface area contributed by atoms with Crippen molar-refractivity contribution in [3.05, 3.63) is 58.4 Å². The minimum atomic E-state index is -0.358. The zero-order chi connectivity index (χ0) is 15.9. The summed E-state index contributed by atoms with van der Waals surface area (Å²) < 4.78 is 18.8. The molecule has 1 aliphatic heterocycles. The Morgan fingerprint density at radius 2 is 1.91 bits per heavy atom. The average Bonchev–Trinajstić information content (AvgIpc) is 2.78. The lowest BCUT2D eigenvalue weighted by atomic mass is 9.99. The third-order valence-electron chi connectivity index (χ3n) is 3.85. The van der Waals surface area contributed by atoms with Crippen molar-refractivity contribution in [3.8, 4) is 5.75 Å². The van der Waals surface area contributed by atoms with Gasteiger partial charge in [0.1, 0.15) is 11.6 Å². The first-order valence-electron chi connectivity index (χ1n) is 6.98. The number of hydrogen-bond acceptors (Lipinski definition) is 2. The second-order valence-electron chi connectivity index (χ2n) is 5.38. The minimum Gasteiger partial charge on any atom is -0.496 e. The van der Waals surface area contributed by atoms with Gasteiger partial charge in [-0.3, -0.25) is 4.79 Å². The molecule has 1 aliphatic rings. The second kappa shape index (κ2) is 5.30. The quantitative estimate of drug-likeness (QED) is 0.853. The summed E-state index contributed by atoms with van der Waals surface area (Å²) in [6.07, 6.45) is 1.79. The van der Waals surface area contributed by atoms with Crippen LogP contribution in [0, 0.1) is 19.7 Å². The molecule has 0 aromatic heterocycles. The van der Waals surface area contributed by atoms with Crippen molar-refractivity contribution >= 4 is 23.2 Å². The van der Waals surface area contributed by atoms with Crippen LogP contribution in [0.15, 0.2) is 30.3 Å². The van der Waals surface area contributed by atoms with Gasteiger partial charge in [-0.1, -0.05) is 0 Å². The highest BCUT2D eigenvalue weighted by molar-refractivity contribution is 6.34. The number of amides is 1. The van der Waals surface area contributed by atoms with E-state index in [0.717, 1.165) is 22.4 Å². The minimum absolute atomic E-state index is 0.214. The van der Waals surface area contributed by atoms with Gasteiger partial charge in [0.15, 0.2) is 0 Å². The maximum absolute atomic E-state index is 13.5. The maximum atomic E-state index is 13.5. The van der Waals surface area contributed by atoms with E-state index in [1.165, 1.54) is 12.1 Å². The first kappa shape index (κ1) is 14.3. The number of halogens is 1. The predicted molar refractivity (Wildman–Crippen MR) is 85.4 cm³/mol. The van der Waals surface area contributed by atoms with Crippen LogP contribution < -0.4 is 10.1 Å². The Bertz CT molecular complexity index is 809. The number of methoxy groups -OCH3 is 1. The van der Waals surface area contributed by atoms with E-state index in [-0.39, 0.29) is 11.7 Å². The number of carbonyl (C=O) groups excluding carboxylic acids is 1. The fourth-order valence-electron chi connectivity index (χ4n) is 2.65. The molecule has 112 valence electrons. The fraction of sp³-hybridized carbons (Fsp3) is 0.167. The van der Waals surface area contributed by atoms with Crippen LogP contribution in [0.1, 0.15) is 22.3 Å². The zero-order valence-corrected chi connectivity index (χ0v) is 12.7. The summed E-state index contributed by atoms with van der Waals surface area (Å²) >= 11 is 0. The van der Waals surface area contributed by atoms with Gasteiger partial charge in [-0.05, 0) is 66.9 Å². The third-order valence-corrected chi connectivity index (χ3v) is 3.85. The number of fused-ring (bicyclic) bond motifs is 1. The van der Waals surface area contributed by atoms with Crippen LogP contribution >= 0.6 is 0 Å². The molecular formula is C18H16FNO2. The lowest BCUT2D eigenvalue weighted by Crippen LogP contribution is -2.03. The number of ether oxygens (including phenoxy) is 1. The molecule has 2 aromatic carbocycles. The summed E-state index contributed by atoms with van der Waals surface area (Å²) in [5.41, 5.74) is 4.60.